The fourth-order valence-corrected chi connectivity index (χ4v) is 3.88. The summed E-state index contributed by atoms with van der Waals surface area (Å²) < 4.78 is 1.61. The zero-order valence-corrected chi connectivity index (χ0v) is 16.5. The molecule has 1 fully saturated rings. The van der Waals surface area contributed by atoms with Crippen LogP contribution < -0.4 is 10.5 Å². The van der Waals surface area contributed by atoms with Crippen LogP contribution in [0.4, 0.5) is 11.5 Å². The highest BCUT2D eigenvalue weighted by Crippen LogP contribution is 2.32. The Balaban J connectivity index is 1.49. The monoisotopic (exact) mass is 397 g/mol. The van der Waals surface area contributed by atoms with Crippen LogP contribution >= 0.6 is 0 Å². The minimum absolute atomic E-state index is 0.101. The van der Waals surface area contributed by atoms with Crippen LogP contribution in [0.3, 0.4) is 0 Å². The van der Waals surface area contributed by atoms with Crippen LogP contribution in [0.5, 0.6) is 0 Å². The summed E-state index contributed by atoms with van der Waals surface area (Å²) in [7, 11) is 1.75. The Bertz CT molecular complexity index is 1110. The van der Waals surface area contributed by atoms with Crippen LogP contribution in [0.15, 0.2) is 29.1 Å². The molecule has 0 atom stereocenters. The lowest BCUT2D eigenvalue weighted by Gasteiger charge is -2.35. The summed E-state index contributed by atoms with van der Waals surface area (Å²) in [5, 5.41) is 16.5. The minimum Gasteiger partial charge on any atom is -0.349 e. The van der Waals surface area contributed by atoms with Gasteiger partial charge in [-0.15, -0.1) is 0 Å². The molecule has 0 radical (unpaired) electrons. The number of nitro groups is 1. The van der Waals surface area contributed by atoms with Crippen molar-refractivity contribution in [1.29, 1.82) is 0 Å². The first-order chi connectivity index (χ1) is 14.0. The van der Waals surface area contributed by atoms with Gasteiger partial charge in [-0.2, -0.15) is 5.10 Å². The molecule has 4 rings (SSSR count). The number of hydrogen-bond acceptors (Lipinski definition) is 7. The number of rotatable bonds is 5. The Morgan fingerprint density at radius 1 is 1.21 bits per heavy atom. The predicted molar refractivity (Wildman–Crippen MR) is 109 cm³/mol. The van der Waals surface area contributed by atoms with Crippen LogP contribution in [0.25, 0.3) is 10.9 Å². The summed E-state index contributed by atoms with van der Waals surface area (Å²) in [4.78, 5) is 35.1. The van der Waals surface area contributed by atoms with E-state index >= 15 is 0 Å². The number of nitrogens with one attached hydrogen (secondary N) is 1. The largest absolute Gasteiger partial charge is 0.349 e. The molecule has 0 spiro atoms. The Morgan fingerprint density at radius 3 is 2.62 bits per heavy atom. The predicted octanol–water partition coefficient (Wildman–Crippen LogP) is 1.45. The van der Waals surface area contributed by atoms with Crippen molar-refractivity contribution in [1.82, 2.24) is 24.6 Å². The van der Waals surface area contributed by atoms with Gasteiger partial charge in [-0.3, -0.25) is 19.8 Å². The number of nitrogens with zero attached hydrogens (tertiary/aromatic N) is 6. The molecule has 0 aliphatic carbocycles. The smallest absolute Gasteiger partial charge is 0.334 e. The van der Waals surface area contributed by atoms with Gasteiger partial charge in [0, 0.05) is 33.2 Å². The summed E-state index contributed by atoms with van der Waals surface area (Å²) in [6.45, 7) is 5.10. The van der Waals surface area contributed by atoms with Crippen molar-refractivity contribution in [3.8, 4) is 0 Å². The average Bonchev–Trinajstić information content (AvgIpc) is 3.05. The van der Waals surface area contributed by atoms with Crippen LogP contribution in [-0.4, -0.2) is 55.8 Å². The SMILES string of the molecule is CCc1nn(C)c(N2CCN(Cc3nc4ccccc4c(=O)[nH]3)CC2)c1[N+](=O)[O-]. The second kappa shape index (κ2) is 7.63. The number of para-hydroxylation sites is 1. The molecule has 0 amide bonds. The second-order valence-corrected chi connectivity index (χ2v) is 7.15. The van der Waals surface area contributed by atoms with Crippen molar-refractivity contribution < 1.29 is 4.92 Å². The van der Waals surface area contributed by atoms with E-state index in [1.54, 1.807) is 17.8 Å². The van der Waals surface area contributed by atoms with Gasteiger partial charge in [0.15, 0.2) is 0 Å². The first-order valence-corrected chi connectivity index (χ1v) is 9.63. The molecule has 3 heterocycles. The molecular formula is C19H23N7O3. The quantitative estimate of drug-likeness (QED) is 0.512. The van der Waals surface area contributed by atoms with E-state index in [2.05, 4.69) is 20.0 Å². The highest BCUT2D eigenvalue weighted by Gasteiger charge is 2.31. The molecule has 1 aliphatic rings. The molecule has 0 saturated carbocycles. The molecule has 0 unspecified atom stereocenters. The van der Waals surface area contributed by atoms with E-state index in [1.807, 2.05) is 30.0 Å². The summed E-state index contributed by atoms with van der Waals surface area (Å²) in [5.74, 6) is 1.19. The van der Waals surface area contributed by atoms with Crippen LogP contribution in [0, 0.1) is 10.1 Å². The van der Waals surface area contributed by atoms with Crippen molar-refractivity contribution in [2.75, 3.05) is 31.1 Å². The molecule has 1 aliphatic heterocycles. The molecule has 10 nitrogen and oxygen atoms in total. The fraction of sp³-hybridized carbons (Fsp3) is 0.421. The van der Waals surface area contributed by atoms with E-state index < -0.39 is 0 Å². The molecule has 1 aromatic carbocycles. The molecular weight excluding hydrogens is 374 g/mol. The zero-order chi connectivity index (χ0) is 20.5. The third-order valence-electron chi connectivity index (χ3n) is 5.29. The highest BCUT2D eigenvalue weighted by molar-refractivity contribution is 5.77. The van der Waals surface area contributed by atoms with Crippen LogP contribution in [0.2, 0.25) is 0 Å². The van der Waals surface area contributed by atoms with E-state index in [4.69, 9.17) is 0 Å². The van der Waals surface area contributed by atoms with Crippen molar-refractivity contribution in [2.24, 2.45) is 7.05 Å². The van der Waals surface area contributed by atoms with E-state index in [0.29, 0.717) is 67.4 Å². The minimum atomic E-state index is -0.336. The Kier molecular flexibility index (Phi) is 5.01. The van der Waals surface area contributed by atoms with E-state index in [0.717, 1.165) is 0 Å². The molecule has 29 heavy (non-hydrogen) atoms. The van der Waals surface area contributed by atoms with E-state index in [1.165, 1.54) is 0 Å². The fourth-order valence-electron chi connectivity index (χ4n) is 3.88. The number of benzene rings is 1. The summed E-state index contributed by atoms with van der Waals surface area (Å²) in [5.41, 5.74) is 1.15. The summed E-state index contributed by atoms with van der Waals surface area (Å²) >= 11 is 0. The molecule has 0 bridgehead atoms. The third-order valence-corrected chi connectivity index (χ3v) is 5.29. The van der Waals surface area contributed by atoms with Gasteiger partial charge in [-0.1, -0.05) is 19.1 Å². The topological polar surface area (TPSA) is 113 Å². The van der Waals surface area contributed by atoms with Crippen molar-refractivity contribution in [2.45, 2.75) is 19.9 Å². The lowest BCUT2D eigenvalue weighted by molar-refractivity contribution is -0.384. The van der Waals surface area contributed by atoms with Gasteiger partial charge in [0.1, 0.15) is 11.5 Å². The number of aryl methyl sites for hydroxylation is 2. The molecule has 152 valence electrons. The molecule has 2 aromatic heterocycles. The maximum absolute atomic E-state index is 12.3. The summed E-state index contributed by atoms with van der Waals surface area (Å²) in [6, 6.07) is 7.27. The van der Waals surface area contributed by atoms with Crippen LogP contribution in [0.1, 0.15) is 18.4 Å². The number of aromatic amines is 1. The van der Waals surface area contributed by atoms with Gasteiger partial charge in [-0.25, -0.2) is 9.67 Å². The van der Waals surface area contributed by atoms with Gasteiger partial charge < -0.3 is 9.88 Å². The first kappa shape index (κ1) is 19.1. The first-order valence-electron chi connectivity index (χ1n) is 9.63. The number of anilines is 1. The number of piperazine rings is 1. The van der Waals surface area contributed by atoms with Gasteiger partial charge in [0.2, 0.25) is 5.82 Å². The molecule has 10 heteroatoms. The van der Waals surface area contributed by atoms with Gasteiger partial charge in [-0.05, 0) is 18.6 Å². The normalized spacial score (nSPS) is 15.2. The second-order valence-electron chi connectivity index (χ2n) is 7.15. The van der Waals surface area contributed by atoms with Crippen molar-refractivity contribution in [3.05, 3.63) is 56.3 Å². The van der Waals surface area contributed by atoms with Gasteiger partial charge in [0.25, 0.3) is 5.56 Å². The number of aromatic nitrogens is 4. The third kappa shape index (κ3) is 3.58. The number of hydrogen-bond donors (Lipinski definition) is 1. The van der Waals surface area contributed by atoms with Crippen LogP contribution in [-0.2, 0) is 20.0 Å². The van der Waals surface area contributed by atoms with Gasteiger partial charge >= 0.3 is 5.69 Å². The molecule has 3 aromatic rings. The Hall–Kier alpha value is -3.27. The average molecular weight is 397 g/mol. The van der Waals surface area contributed by atoms with Gasteiger partial charge in [0.05, 0.1) is 22.4 Å². The molecule has 1 N–H and O–H groups in total. The Morgan fingerprint density at radius 2 is 1.93 bits per heavy atom. The maximum Gasteiger partial charge on any atom is 0.334 e. The lowest BCUT2D eigenvalue weighted by Crippen LogP contribution is -2.47. The lowest BCUT2D eigenvalue weighted by atomic mass is 10.2. The number of H-pyrrole nitrogens is 1. The molecule has 1 saturated heterocycles. The highest BCUT2D eigenvalue weighted by atomic mass is 16.6. The number of fused-ring (bicyclic) bond motifs is 1. The standard InChI is InChI=1S/C19H23N7O3/c1-3-14-17(26(28)29)19(23(2)22-14)25-10-8-24(9-11-25)12-16-20-15-7-5-4-6-13(15)18(27)21-16/h4-7H,3,8-12H2,1-2H3,(H,20,21,27). The van der Waals surface area contributed by atoms with E-state index in [-0.39, 0.29) is 16.2 Å². The zero-order valence-electron chi connectivity index (χ0n) is 16.5. The maximum atomic E-state index is 12.3. The van der Waals surface area contributed by atoms with Crippen molar-refractivity contribution in [3.63, 3.8) is 0 Å². The van der Waals surface area contributed by atoms with Crippen molar-refractivity contribution >= 4 is 22.4 Å². The Labute approximate surface area is 166 Å². The summed E-state index contributed by atoms with van der Waals surface area (Å²) in [6.07, 6.45) is 0.519. The van der Waals surface area contributed by atoms with E-state index in [9.17, 15) is 14.9 Å².